The molecule has 0 saturated heterocycles. The normalized spacial score (nSPS) is 12.1. The van der Waals surface area contributed by atoms with Crippen molar-refractivity contribution in [3.63, 3.8) is 0 Å². The number of allylic oxidation sites excluding steroid dienone is 8. The van der Waals surface area contributed by atoms with E-state index in [1.165, 1.54) is 70.6 Å². The van der Waals surface area contributed by atoms with Crippen LogP contribution < -0.4 is 0 Å². The number of esters is 2. The van der Waals surface area contributed by atoms with Gasteiger partial charge in [0.2, 0.25) is 0 Å². The summed E-state index contributed by atoms with van der Waals surface area (Å²) in [5.74, 6) is -0.752. The first-order valence-electron chi connectivity index (χ1n) is 14.5. The quantitative estimate of drug-likeness (QED) is 0.0590. The minimum Gasteiger partial charge on any atom is -0.393 e. The molecule has 0 atom stereocenters. The number of unbranched alkanes of at least 4 members (excludes halogenated alkanes) is 12. The number of carbonyl (C=O) groups excluding carboxylic acids is 2. The van der Waals surface area contributed by atoms with Gasteiger partial charge in [0.1, 0.15) is 0 Å². The monoisotopic (exact) mass is 486 g/mol. The van der Waals surface area contributed by atoms with Crippen molar-refractivity contribution in [1.82, 2.24) is 0 Å². The zero-order chi connectivity index (χ0) is 25.7. The van der Waals surface area contributed by atoms with Crippen LogP contribution in [-0.2, 0) is 14.3 Å². The molecule has 0 aliphatic rings. The van der Waals surface area contributed by atoms with Crippen LogP contribution in [0.5, 0.6) is 0 Å². The van der Waals surface area contributed by atoms with E-state index in [0.717, 1.165) is 44.9 Å². The second-order valence-corrected chi connectivity index (χ2v) is 9.41. The van der Waals surface area contributed by atoms with E-state index in [2.05, 4.69) is 62.5 Å². The van der Waals surface area contributed by atoms with Crippen molar-refractivity contribution in [3.8, 4) is 0 Å². The van der Waals surface area contributed by atoms with Crippen LogP contribution in [0.3, 0.4) is 0 Å². The largest absolute Gasteiger partial charge is 0.393 e. The molecule has 0 fully saturated rings. The molecular formula is C32H54O3. The maximum atomic E-state index is 11.8. The van der Waals surface area contributed by atoms with Crippen molar-refractivity contribution >= 4 is 11.9 Å². The molecule has 0 aliphatic heterocycles. The highest BCUT2D eigenvalue weighted by Gasteiger charge is 2.09. The third-order valence-corrected chi connectivity index (χ3v) is 5.92. The number of rotatable bonds is 24. The summed E-state index contributed by atoms with van der Waals surface area (Å²) in [6.45, 7) is 4.47. The smallest absolute Gasteiger partial charge is 0.313 e. The summed E-state index contributed by atoms with van der Waals surface area (Å²) in [5, 5.41) is 0. The highest BCUT2D eigenvalue weighted by molar-refractivity contribution is 5.85. The molecule has 3 nitrogen and oxygen atoms in total. The lowest BCUT2D eigenvalue weighted by Gasteiger charge is -2.03. The van der Waals surface area contributed by atoms with E-state index >= 15 is 0 Å². The molecule has 0 rings (SSSR count). The fraction of sp³-hybridized carbons (Fsp3) is 0.688. The molecule has 0 aromatic rings. The van der Waals surface area contributed by atoms with Crippen LogP contribution in [-0.4, -0.2) is 11.9 Å². The first-order chi connectivity index (χ1) is 17.2. The number of hydrogen-bond donors (Lipinski definition) is 0. The Morgan fingerprint density at radius 3 is 1.34 bits per heavy atom. The van der Waals surface area contributed by atoms with Crippen molar-refractivity contribution in [1.29, 1.82) is 0 Å². The van der Waals surface area contributed by atoms with Crippen molar-refractivity contribution in [2.45, 2.75) is 142 Å². The first kappa shape index (κ1) is 33.1. The summed E-state index contributed by atoms with van der Waals surface area (Å²) >= 11 is 0. The summed E-state index contributed by atoms with van der Waals surface area (Å²) in [4.78, 5) is 23.6. The Hall–Kier alpha value is -1.90. The van der Waals surface area contributed by atoms with Crippen LogP contribution in [0.15, 0.2) is 48.6 Å². The molecule has 35 heavy (non-hydrogen) atoms. The fourth-order valence-corrected chi connectivity index (χ4v) is 3.73. The Morgan fingerprint density at radius 2 is 0.829 bits per heavy atom. The van der Waals surface area contributed by atoms with E-state index < -0.39 is 0 Å². The van der Waals surface area contributed by atoms with Gasteiger partial charge in [-0.05, 0) is 51.4 Å². The summed E-state index contributed by atoms with van der Waals surface area (Å²) in [6, 6.07) is 0. The van der Waals surface area contributed by atoms with E-state index in [9.17, 15) is 9.59 Å². The van der Waals surface area contributed by atoms with Gasteiger partial charge in [-0.2, -0.15) is 0 Å². The molecule has 0 aliphatic carbocycles. The van der Waals surface area contributed by atoms with Gasteiger partial charge in [0.05, 0.1) is 0 Å². The fourth-order valence-electron chi connectivity index (χ4n) is 3.73. The van der Waals surface area contributed by atoms with E-state index in [4.69, 9.17) is 4.74 Å². The highest BCUT2D eigenvalue weighted by atomic mass is 16.6. The summed E-state index contributed by atoms with van der Waals surface area (Å²) < 4.78 is 4.93. The molecule has 0 radical (unpaired) electrons. The second-order valence-electron chi connectivity index (χ2n) is 9.41. The molecule has 0 N–H and O–H groups in total. The predicted molar refractivity (Wildman–Crippen MR) is 151 cm³/mol. The zero-order valence-corrected chi connectivity index (χ0v) is 23.0. The van der Waals surface area contributed by atoms with Gasteiger partial charge in [-0.3, -0.25) is 9.59 Å². The van der Waals surface area contributed by atoms with Gasteiger partial charge in [-0.15, -0.1) is 0 Å². The number of hydrogen-bond acceptors (Lipinski definition) is 3. The molecule has 0 heterocycles. The Labute approximate surface area is 217 Å². The van der Waals surface area contributed by atoms with Crippen LogP contribution in [0, 0.1) is 0 Å². The van der Waals surface area contributed by atoms with E-state index in [1.54, 1.807) is 0 Å². The van der Waals surface area contributed by atoms with Gasteiger partial charge >= 0.3 is 11.9 Å². The van der Waals surface area contributed by atoms with E-state index in [1.807, 2.05) is 0 Å². The lowest BCUT2D eigenvalue weighted by molar-refractivity contribution is -0.159. The maximum absolute atomic E-state index is 11.8. The second kappa shape index (κ2) is 28.3. The van der Waals surface area contributed by atoms with Crippen molar-refractivity contribution in [2.75, 3.05) is 0 Å². The van der Waals surface area contributed by atoms with Crippen LogP contribution in [0.4, 0.5) is 0 Å². The van der Waals surface area contributed by atoms with E-state index in [-0.39, 0.29) is 11.9 Å². The topological polar surface area (TPSA) is 43.4 Å². The lowest BCUT2D eigenvalue weighted by atomic mass is 10.1. The number of carbonyl (C=O) groups is 2. The SMILES string of the molecule is CCCCC/C=C\C/C=C\C/C=C\C/C=C\CCCC(=O)OC(=O)CCCCCCCCCCC. The van der Waals surface area contributed by atoms with Gasteiger partial charge in [-0.25, -0.2) is 0 Å². The van der Waals surface area contributed by atoms with Gasteiger partial charge in [-0.1, -0.05) is 127 Å². The van der Waals surface area contributed by atoms with Crippen LogP contribution in [0.2, 0.25) is 0 Å². The standard InChI is InChI=1S/C32H54O3/c1-3-5-7-9-11-13-14-15-16-17-18-19-20-22-24-26-28-30-32(34)35-31(33)29-27-25-23-21-12-10-8-6-4-2/h11,13,15-16,18-19,22,24H,3-10,12,14,17,20-21,23,25-30H2,1-2H3/b13-11-,16-15-,19-18-,24-22-. The molecule has 200 valence electrons. The molecule has 0 saturated carbocycles. The third-order valence-electron chi connectivity index (χ3n) is 5.92. The Morgan fingerprint density at radius 1 is 0.457 bits per heavy atom. The molecule has 0 unspecified atom stereocenters. The molecule has 0 bridgehead atoms. The summed E-state index contributed by atoms with van der Waals surface area (Å²) in [7, 11) is 0. The highest BCUT2D eigenvalue weighted by Crippen LogP contribution is 2.11. The van der Waals surface area contributed by atoms with Gasteiger partial charge in [0.15, 0.2) is 0 Å². The predicted octanol–water partition coefficient (Wildman–Crippen LogP) is 10.1. The molecule has 0 aromatic carbocycles. The van der Waals surface area contributed by atoms with Crippen LogP contribution in [0.25, 0.3) is 0 Å². The molecule has 0 amide bonds. The summed E-state index contributed by atoms with van der Waals surface area (Å²) in [5.41, 5.74) is 0. The molecule has 0 aromatic heterocycles. The molecule has 3 heteroatoms. The van der Waals surface area contributed by atoms with Crippen LogP contribution >= 0.6 is 0 Å². The molecule has 0 spiro atoms. The third kappa shape index (κ3) is 28.2. The average Bonchev–Trinajstić information content (AvgIpc) is 2.85. The van der Waals surface area contributed by atoms with Crippen molar-refractivity contribution < 1.29 is 14.3 Å². The summed E-state index contributed by atoms with van der Waals surface area (Å²) in [6.07, 6.45) is 38.6. The average molecular weight is 487 g/mol. The maximum Gasteiger partial charge on any atom is 0.313 e. The van der Waals surface area contributed by atoms with Gasteiger partial charge in [0, 0.05) is 12.8 Å². The molecular weight excluding hydrogens is 432 g/mol. The Bertz CT molecular complexity index is 598. The van der Waals surface area contributed by atoms with Gasteiger partial charge < -0.3 is 4.74 Å². The minimum atomic E-state index is -0.387. The lowest BCUT2D eigenvalue weighted by Crippen LogP contribution is -2.11. The minimum absolute atomic E-state index is 0.307. The Balaban J connectivity index is 3.53. The van der Waals surface area contributed by atoms with Crippen molar-refractivity contribution in [2.24, 2.45) is 0 Å². The van der Waals surface area contributed by atoms with Crippen LogP contribution in [0.1, 0.15) is 142 Å². The zero-order valence-electron chi connectivity index (χ0n) is 23.0. The van der Waals surface area contributed by atoms with Crippen molar-refractivity contribution in [3.05, 3.63) is 48.6 Å². The number of ether oxygens (including phenoxy) is 1. The Kier molecular flexibility index (Phi) is 26.8. The van der Waals surface area contributed by atoms with Gasteiger partial charge in [0.25, 0.3) is 0 Å². The first-order valence-corrected chi connectivity index (χ1v) is 14.5. The van der Waals surface area contributed by atoms with E-state index in [0.29, 0.717) is 12.8 Å².